The Hall–Kier alpha value is -0.210. The summed E-state index contributed by atoms with van der Waals surface area (Å²) in [6.07, 6.45) is 2.41. The number of halogens is 1. The van der Waals surface area contributed by atoms with Crippen molar-refractivity contribution in [1.29, 1.82) is 0 Å². The van der Waals surface area contributed by atoms with Crippen LogP contribution < -0.4 is 4.72 Å². The maximum absolute atomic E-state index is 12.0. The van der Waals surface area contributed by atoms with Gasteiger partial charge in [0.25, 0.3) is 10.0 Å². The molecule has 1 N–H and O–H groups in total. The first-order chi connectivity index (χ1) is 8.49. The van der Waals surface area contributed by atoms with Gasteiger partial charge in [-0.3, -0.25) is 0 Å². The van der Waals surface area contributed by atoms with E-state index in [9.17, 15) is 8.42 Å². The first-order valence-electron chi connectivity index (χ1n) is 5.84. The third-order valence-corrected chi connectivity index (χ3v) is 6.22. The lowest BCUT2D eigenvalue weighted by molar-refractivity contribution is 0.344. The minimum Gasteiger partial charge on any atom is -0.302 e. The van der Waals surface area contributed by atoms with E-state index in [2.05, 4.69) is 14.6 Å². The SMILES string of the molecule is Cc1nc(Cl)sc1S(=O)(=O)NCCN1CCCC1. The maximum Gasteiger partial charge on any atom is 0.252 e. The molecule has 1 aliphatic rings. The number of sulfonamides is 1. The normalized spacial score (nSPS) is 17.4. The molecule has 0 amide bonds. The molecule has 8 heteroatoms. The van der Waals surface area contributed by atoms with Crippen molar-refractivity contribution in [3.05, 3.63) is 10.2 Å². The molecule has 1 aromatic heterocycles. The van der Waals surface area contributed by atoms with E-state index < -0.39 is 10.0 Å². The summed E-state index contributed by atoms with van der Waals surface area (Å²) in [6, 6.07) is 0. The topological polar surface area (TPSA) is 62.3 Å². The highest BCUT2D eigenvalue weighted by atomic mass is 35.5. The number of nitrogens with zero attached hydrogens (tertiary/aromatic N) is 2. The predicted molar refractivity (Wildman–Crippen MR) is 72.7 cm³/mol. The van der Waals surface area contributed by atoms with Gasteiger partial charge in [0.15, 0.2) is 8.68 Å². The molecular formula is C10H16ClN3O2S2. The fourth-order valence-electron chi connectivity index (χ4n) is 2.01. The van der Waals surface area contributed by atoms with Crippen LogP contribution in [0.5, 0.6) is 0 Å². The number of nitrogens with one attached hydrogen (secondary N) is 1. The number of hydrogen-bond acceptors (Lipinski definition) is 5. The molecule has 1 aliphatic heterocycles. The number of thiazole rings is 1. The van der Waals surface area contributed by atoms with Crippen LogP contribution in [0, 0.1) is 6.92 Å². The molecular weight excluding hydrogens is 294 g/mol. The molecule has 0 spiro atoms. The Morgan fingerprint density at radius 3 is 2.67 bits per heavy atom. The second-order valence-corrected chi connectivity index (χ2v) is 7.83. The summed E-state index contributed by atoms with van der Waals surface area (Å²) < 4.78 is 27.1. The Kier molecular flexibility index (Phi) is 4.60. The molecule has 0 aliphatic carbocycles. The molecule has 1 fully saturated rings. The minimum absolute atomic E-state index is 0.217. The summed E-state index contributed by atoms with van der Waals surface area (Å²) in [6.45, 7) is 4.96. The summed E-state index contributed by atoms with van der Waals surface area (Å²) in [5.74, 6) is 0. The summed E-state index contributed by atoms with van der Waals surface area (Å²) in [7, 11) is -3.47. The van der Waals surface area contributed by atoms with E-state index in [4.69, 9.17) is 11.6 Å². The zero-order valence-electron chi connectivity index (χ0n) is 10.1. The maximum atomic E-state index is 12.0. The average molecular weight is 310 g/mol. The minimum atomic E-state index is -3.47. The van der Waals surface area contributed by atoms with Crippen molar-refractivity contribution >= 4 is 33.0 Å². The van der Waals surface area contributed by atoms with Crippen molar-refractivity contribution in [1.82, 2.24) is 14.6 Å². The fourth-order valence-corrected chi connectivity index (χ4v) is 4.81. The first kappa shape index (κ1) is 14.2. The Labute approximate surface area is 116 Å². The van der Waals surface area contributed by atoms with Crippen LogP contribution in [0.25, 0.3) is 0 Å². The van der Waals surface area contributed by atoms with Gasteiger partial charge in [0.2, 0.25) is 0 Å². The largest absolute Gasteiger partial charge is 0.302 e. The van der Waals surface area contributed by atoms with Crippen LogP contribution in [-0.4, -0.2) is 44.5 Å². The monoisotopic (exact) mass is 309 g/mol. The lowest BCUT2D eigenvalue weighted by atomic mass is 10.4. The lowest BCUT2D eigenvalue weighted by Crippen LogP contribution is -2.33. The number of likely N-dealkylation sites (tertiary alicyclic amines) is 1. The van der Waals surface area contributed by atoms with Crippen molar-refractivity contribution < 1.29 is 8.42 Å². The predicted octanol–water partition coefficient (Wildman–Crippen LogP) is 1.48. The molecule has 18 heavy (non-hydrogen) atoms. The zero-order valence-corrected chi connectivity index (χ0v) is 12.5. The molecule has 0 unspecified atom stereocenters. The van der Waals surface area contributed by atoms with Crippen molar-refractivity contribution in [2.75, 3.05) is 26.2 Å². The Morgan fingerprint density at radius 2 is 2.11 bits per heavy atom. The van der Waals surface area contributed by atoms with Gasteiger partial charge in [-0.15, -0.1) is 0 Å². The van der Waals surface area contributed by atoms with Crippen LogP contribution in [0.2, 0.25) is 4.47 Å². The number of hydrogen-bond donors (Lipinski definition) is 1. The molecule has 1 saturated heterocycles. The van der Waals surface area contributed by atoms with E-state index in [0.29, 0.717) is 12.2 Å². The van der Waals surface area contributed by atoms with Gasteiger partial charge in [0.1, 0.15) is 0 Å². The molecule has 0 aromatic carbocycles. The quantitative estimate of drug-likeness (QED) is 0.895. The Bertz CT molecular complexity index is 509. The summed E-state index contributed by atoms with van der Waals surface area (Å²) in [5.41, 5.74) is 0.457. The molecule has 0 bridgehead atoms. The van der Waals surface area contributed by atoms with Crippen LogP contribution >= 0.6 is 22.9 Å². The smallest absolute Gasteiger partial charge is 0.252 e. The molecule has 102 valence electrons. The second kappa shape index (κ2) is 5.83. The van der Waals surface area contributed by atoms with E-state index in [1.807, 2.05) is 0 Å². The molecule has 0 saturated carbocycles. The van der Waals surface area contributed by atoms with Gasteiger partial charge in [-0.2, -0.15) is 0 Å². The van der Waals surface area contributed by atoms with Crippen LogP contribution in [0.1, 0.15) is 18.5 Å². The molecule has 1 aromatic rings. The highest BCUT2D eigenvalue weighted by molar-refractivity contribution is 7.91. The number of aromatic nitrogens is 1. The first-order valence-corrected chi connectivity index (χ1v) is 8.52. The van der Waals surface area contributed by atoms with Crippen molar-refractivity contribution in [3.8, 4) is 0 Å². The Morgan fingerprint density at radius 1 is 1.44 bits per heavy atom. The van der Waals surface area contributed by atoms with Crippen molar-refractivity contribution in [2.24, 2.45) is 0 Å². The van der Waals surface area contributed by atoms with E-state index >= 15 is 0 Å². The van der Waals surface area contributed by atoms with Crippen molar-refractivity contribution in [2.45, 2.75) is 24.0 Å². The van der Waals surface area contributed by atoms with Gasteiger partial charge in [0.05, 0.1) is 5.69 Å². The van der Waals surface area contributed by atoms with E-state index in [-0.39, 0.29) is 8.68 Å². The standard InChI is InChI=1S/C10H16ClN3O2S2/c1-8-9(17-10(11)13-8)18(15,16)12-4-7-14-5-2-3-6-14/h12H,2-7H2,1H3. The third-order valence-electron chi connectivity index (χ3n) is 2.89. The molecule has 2 heterocycles. The van der Waals surface area contributed by atoms with E-state index in [0.717, 1.165) is 31.0 Å². The highest BCUT2D eigenvalue weighted by Crippen LogP contribution is 2.26. The van der Waals surface area contributed by atoms with Crippen LogP contribution in [0.3, 0.4) is 0 Å². The second-order valence-electron chi connectivity index (χ2n) is 4.29. The van der Waals surface area contributed by atoms with Crippen LogP contribution in [-0.2, 0) is 10.0 Å². The van der Waals surface area contributed by atoms with Gasteiger partial charge >= 0.3 is 0 Å². The summed E-state index contributed by atoms with van der Waals surface area (Å²) in [5, 5.41) is 0. The lowest BCUT2D eigenvalue weighted by Gasteiger charge is -2.14. The number of rotatable bonds is 5. The van der Waals surface area contributed by atoms with Gasteiger partial charge in [0, 0.05) is 13.1 Å². The van der Waals surface area contributed by atoms with Gasteiger partial charge in [-0.05, 0) is 32.9 Å². The van der Waals surface area contributed by atoms with Crippen LogP contribution in [0.4, 0.5) is 0 Å². The third kappa shape index (κ3) is 3.42. The molecule has 0 radical (unpaired) electrons. The average Bonchev–Trinajstić information content (AvgIpc) is 2.88. The molecule has 2 rings (SSSR count). The zero-order chi connectivity index (χ0) is 13.2. The molecule has 0 atom stereocenters. The summed E-state index contributed by atoms with van der Waals surface area (Å²) in [4.78, 5) is 6.18. The highest BCUT2D eigenvalue weighted by Gasteiger charge is 2.21. The van der Waals surface area contributed by atoms with Gasteiger partial charge in [-0.1, -0.05) is 22.9 Å². The van der Waals surface area contributed by atoms with Gasteiger partial charge < -0.3 is 4.90 Å². The van der Waals surface area contributed by atoms with E-state index in [1.165, 1.54) is 12.8 Å². The number of aryl methyl sites for hydroxylation is 1. The molecule has 5 nitrogen and oxygen atoms in total. The fraction of sp³-hybridized carbons (Fsp3) is 0.700. The van der Waals surface area contributed by atoms with Crippen LogP contribution in [0.15, 0.2) is 4.21 Å². The summed E-state index contributed by atoms with van der Waals surface area (Å²) >= 11 is 6.71. The van der Waals surface area contributed by atoms with E-state index in [1.54, 1.807) is 6.92 Å². The van der Waals surface area contributed by atoms with Crippen molar-refractivity contribution in [3.63, 3.8) is 0 Å². The Balaban J connectivity index is 1.93. The van der Waals surface area contributed by atoms with Gasteiger partial charge in [-0.25, -0.2) is 18.1 Å².